The molecule has 7 nitrogen and oxygen atoms in total. The SMILES string of the molecule is C[C@@H]1CCc2ncnc(N3CCN(C(=O)[C@H](CN4CCCOCC4)c4ccc(Cl)cc4)CC3)c21. The van der Waals surface area contributed by atoms with Crippen molar-refractivity contribution in [2.75, 3.05) is 63.9 Å². The van der Waals surface area contributed by atoms with Crippen molar-refractivity contribution in [1.29, 1.82) is 0 Å². The van der Waals surface area contributed by atoms with E-state index < -0.39 is 0 Å². The van der Waals surface area contributed by atoms with Crippen molar-refractivity contribution >= 4 is 23.3 Å². The summed E-state index contributed by atoms with van der Waals surface area (Å²) >= 11 is 6.14. The highest BCUT2D eigenvalue weighted by Gasteiger charge is 2.33. The van der Waals surface area contributed by atoms with Crippen molar-refractivity contribution in [1.82, 2.24) is 19.8 Å². The molecule has 3 aliphatic rings. The van der Waals surface area contributed by atoms with Gasteiger partial charge < -0.3 is 14.5 Å². The van der Waals surface area contributed by atoms with Crippen LogP contribution in [0.15, 0.2) is 30.6 Å². The molecule has 0 saturated carbocycles. The molecule has 2 fully saturated rings. The van der Waals surface area contributed by atoms with E-state index in [2.05, 4.69) is 26.7 Å². The molecule has 2 saturated heterocycles. The zero-order valence-electron chi connectivity index (χ0n) is 20.0. The fourth-order valence-electron chi connectivity index (χ4n) is 5.49. The number of amides is 1. The summed E-state index contributed by atoms with van der Waals surface area (Å²) in [7, 11) is 0. The van der Waals surface area contributed by atoms with E-state index in [1.54, 1.807) is 6.33 Å². The lowest BCUT2D eigenvalue weighted by molar-refractivity contribution is -0.133. The smallest absolute Gasteiger partial charge is 0.231 e. The average molecular weight is 484 g/mol. The highest BCUT2D eigenvalue weighted by molar-refractivity contribution is 6.30. The summed E-state index contributed by atoms with van der Waals surface area (Å²) in [6.45, 7) is 9.33. The Morgan fingerprint density at radius 2 is 1.88 bits per heavy atom. The maximum Gasteiger partial charge on any atom is 0.231 e. The van der Waals surface area contributed by atoms with Crippen LogP contribution in [-0.4, -0.2) is 84.7 Å². The number of halogens is 1. The minimum absolute atomic E-state index is 0.202. The van der Waals surface area contributed by atoms with E-state index in [0.29, 0.717) is 30.6 Å². The number of piperazine rings is 1. The van der Waals surface area contributed by atoms with Crippen LogP contribution in [-0.2, 0) is 16.0 Å². The molecule has 0 bridgehead atoms. The van der Waals surface area contributed by atoms with E-state index in [0.717, 1.165) is 70.0 Å². The van der Waals surface area contributed by atoms with Gasteiger partial charge >= 0.3 is 0 Å². The third-order valence-corrected chi connectivity index (χ3v) is 7.72. The lowest BCUT2D eigenvalue weighted by atomic mass is 9.96. The van der Waals surface area contributed by atoms with Crippen molar-refractivity contribution < 1.29 is 9.53 Å². The summed E-state index contributed by atoms with van der Waals surface area (Å²) in [6.07, 6.45) is 4.88. The Labute approximate surface area is 207 Å². The molecule has 2 atom stereocenters. The van der Waals surface area contributed by atoms with Gasteiger partial charge in [0.2, 0.25) is 5.91 Å². The van der Waals surface area contributed by atoms with Crippen molar-refractivity contribution in [3.63, 3.8) is 0 Å². The van der Waals surface area contributed by atoms with E-state index >= 15 is 0 Å². The molecule has 0 spiro atoms. The van der Waals surface area contributed by atoms with Gasteiger partial charge in [0.05, 0.1) is 12.5 Å². The second kappa shape index (κ2) is 10.6. The van der Waals surface area contributed by atoms with E-state index in [1.807, 2.05) is 29.2 Å². The molecule has 3 heterocycles. The summed E-state index contributed by atoms with van der Waals surface area (Å²) in [5.41, 5.74) is 3.54. The first kappa shape index (κ1) is 23.5. The van der Waals surface area contributed by atoms with Gasteiger partial charge in [-0.2, -0.15) is 0 Å². The second-order valence-electron chi connectivity index (χ2n) is 9.68. The van der Waals surface area contributed by atoms with Crippen molar-refractivity contribution in [3.8, 4) is 0 Å². The fourth-order valence-corrected chi connectivity index (χ4v) is 5.62. The summed E-state index contributed by atoms with van der Waals surface area (Å²) < 4.78 is 5.63. The number of carbonyl (C=O) groups is 1. The number of benzene rings is 1. The first-order valence-corrected chi connectivity index (χ1v) is 12.9. The molecule has 5 rings (SSSR count). The zero-order chi connectivity index (χ0) is 23.5. The Morgan fingerprint density at radius 3 is 2.68 bits per heavy atom. The van der Waals surface area contributed by atoms with Crippen LogP contribution in [0.25, 0.3) is 0 Å². The highest BCUT2D eigenvalue weighted by Crippen LogP contribution is 2.37. The predicted octanol–water partition coefficient (Wildman–Crippen LogP) is 3.33. The van der Waals surface area contributed by atoms with E-state index in [1.165, 1.54) is 11.3 Å². The van der Waals surface area contributed by atoms with Crippen molar-refractivity contribution in [3.05, 3.63) is 52.4 Å². The summed E-state index contributed by atoms with van der Waals surface area (Å²) in [4.78, 5) is 29.7. The van der Waals surface area contributed by atoms with Gasteiger partial charge in [-0.25, -0.2) is 9.97 Å². The Bertz CT molecular complexity index is 985. The van der Waals surface area contributed by atoms with Gasteiger partial charge in [-0.3, -0.25) is 9.69 Å². The predicted molar refractivity (Wildman–Crippen MR) is 134 cm³/mol. The van der Waals surface area contributed by atoms with Gasteiger partial charge in [0, 0.05) is 68.7 Å². The molecule has 34 heavy (non-hydrogen) atoms. The quantitative estimate of drug-likeness (QED) is 0.650. The highest BCUT2D eigenvalue weighted by atomic mass is 35.5. The molecule has 2 aromatic rings. The van der Waals surface area contributed by atoms with Crippen LogP contribution in [0.3, 0.4) is 0 Å². The molecule has 0 N–H and O–H groups in total. The molecule has 1 aromatic heterocycles. The number of anilines is 1. The maximum atomic E-state index is 13.8. The Balaban J connectivity index is 1.29. The molecule has 1 aromatic carbocycles. The monoisotopic (exact) mass is 483 g/mol. The van der Waals surface area contributed by atoms with Gasteiger partial charge in [0.15, 0.2) is 0 Å². The van der Waals surface area contributed by atoms with Crippen LogP contribution < -0.4 is 4.90 Å². The maximum absolute atomic E-state index is 13.8. The third-order valence-electron chi connectivity index (χ3n) is 7.47. The van der Waals surface area contributed by atoms with Crippen LogP contribution in [0.5, 0.6) is 0 Å². The molecule has 1 amide bonds. The molecule has 0 radical (unpaired) electrons. The standard InChI is InChI=1S/C26H34ClN5O2/c1-19-3-8-23-24(19)25(29-18-28-23)31-10-12-32(13-11-31)26(33)22(20-4-6-21(27)7-5-20)17-30-9-2-15-34-16-14-30/h4-7,18-19,22H,2-3,8-17H2,1H3/t19-,22-/m1/s1. The normalized spacial score (nSPS) is 22.4. The van der Waals surface area contributed by atoms with Crippen LogP contribution in [0.2, 0.25) is 5.02 Å². The van der Waals surface area contributed by atoms with Crippen LogP contribution in [0, 0.1) is 0 Å². The minimum atomic E-state index is -0.203. The molecule has 1 aliphatic carbocycles. The Hall–Kier alpha value is -2.22. The number of aromatic nitrogens is 2. The van der Waals surface area contributed by atoms with Gasteiger partial charge in [0.1, 0.15) is 12.1 Å². The van der Waals surface area contributed by atoms with Crippen LogP contribution in [0.1, 0.15) is 48.4 Å². The number of ether oxygens (including phenoxy) is 1. The molecular formula is C26H34ClN5O2. The Kier molecular flexibility index (Phi) is 7.32. The molecule has 182 valence electrons. The lowest BCUT2D eigenvalue weighted by Gasteiger charge is -2.38. The fraction of sp³-hybridized carbons (Fsp3) is 0.577. The van der Waals surface area contributed by atoms with E-state index in [-0.39, 0.29) is 11.8 Å². The first-order valence-electron chi connectivity index (χ1n) is 12.5. The molecule has 2 aliphatic heterocycles. The summed E-state index contributed by atoms with van der Waals surface area (Å²) in [6, 6.07) is 7.77. The number of rotatable bonds is 5. The molecule has 8 heteroatoms. The van der Waals surface area contributed by atoms with Gasteiger partial charge in [0.25, 0.3) is 0 Å². The number of carbonyl (C=O) groups excluding carboxylic acids is 1. The van der Waals surface area contributed by atoms with E-state index in [4.69, 9.17) is 16.3 Å². The lowest BCUT2D eigenvalue weighted by Crippen LogP contribution is -2.51. The summed E-state index contributed by atoms with van der Waals surface area (Å²) in [5.74, 6) is 1.57. The second-order valence-corrected chi connectivity index (χ2v) is 10.1. The third kappa shape index (κ3) is 5.07. The number of hydrogen-bond donors (Lipinski definition) is 0. The average Bonchev–Trinajstić information content (AvgIpc) is 3.07. The Morgan fingerprint density at radius 1 is 1.09 bits per heavy atom. The number of aryl methyl sites for hydroxylation is 1. The minimum Gasteiger partial charge on any atom is -0.380 e. The van der Waals surface area contributed by atoms with Crippen LogP contribution in [0.4, 0.5) is 5.82 Å². The number of hydrogen-bond acceptors (Lipinski definition) is 6. The van der Waals surface area contributed by atoms with Crippen molar-refractivity contribution in [2.24, 2.45) is 0 Å². The van der Waals surface area contributed by atoms with Gasteiger partial charge in [-0.1, -0.05) is 30.7 Å². The topological polar surface area (TPSA) is 61.8 Å². The number of nitrogens with zero attached hydrogens (tertiary/aromatic N) is 5. The number of fused-ring (bicyclic) bond motifs is 1. The van der Waals surface area contributed by atoms with Gasteiger partial charge in [-0.15, -0.1) is 0 Å². The largest absolute Gasteiger partial charge is 0.380 e. The molecule has 0 unspecified atom stereocenters. The van der Waals surface area contributed by atoms with Gasteiger partial charge in [-0.05, 0) is 42.9 Å². The van der Waals surface area contributed by atoms with Crippen molar-refractivity contribution in [2.45, 2.75) is 38.0 Å². The first-order chi connectivity index (χ1) is 16.6. The summed E-state index contributed by atoms with van der Waals surface area (Å²) in [5, 5.41) is 0.693. The zero-order valence-corrected chi connectivity index (χ0v) is 20.7. The molecular weight excluding hydrogens is 450 g/mol. The van der Waals surface area contributed by atoms with E-state index in [9.17, 15) is 4.79 Å². The van der Waals surface area contributed by atoms with Crippen LogP contribution >= 0.6 is 11.6 Å².